The van der Waals surface area contributed by atoms with E-state index in [2.05, 4.69) is 4.90 Å². The van der Waals surface area contributed by atoms with Crippen LogP contribution >= 0.6 is 11.6 Å². The number of hydrogen-bond donors (Lipinski definition) is 1. The first-order chi connectivity index (χ1) is 11.0. The molecule has 0 aromatic heterocycles. The first-order valence-electron chi connectivity index (χ1n) is 8.17. The SMILES string of the molecule is O=C1CCCN1CC(O)CN(Cc1c(F)cccc1Cl)C1CC1. The van der Waals surface area contributed by atoms with Gasteiger partial charge in [0.1, 0.15) is 5.82 Å². The zero-order chi connectivity index (χ0) is 16.4. The molecule has 1 unspecified atom stereocenters. The van der Waals surface area contributed by atoms with Crippen LogP contribution in [0.1, 0.15) is 31.2 Å². The molecule has 126 valence electrons. The van der Waals surface area contributed by atoms with Crippen LogP contribution in [0.5, 0.6) is 0 Å². The van der Waals surface area contributed by atoms with Crippen LogP contribution in [0.3, 0.4) is 0 Å². The molecule has 6 heteroatoms. The number of aliphatic hydroxyl groups is 1. The number of hydrogen-bond acceptors (Lipinski definition) is 3. The molecule has 1 N–H and O–H groups in total. The molecule has 1 aliphatic carbocycles. The van der Waals surface area contributed by atoms with Crippen molar-refractivity contribution < 1.29 is 14.3 Å². The molecule has 2 aliphatic rings. The average Bonchev–Trinajstić information content (AvgIpc) is 3.27. The Kier molecular flexibility index (Phi) is 5.19. The van der Waals surface area contributed by atoms with Gasteiger partial charge in [0.2, 0.25) is 5.91 Å². The Hall–Kier alpha value is -1.17. The summed E-state index contributed by atoms with van der Waals surface area (Å²) >= 11 is 6.11. The van der Waals surface area contributed by atoms with Crippen LogP contribution in [0, 0.1) is 5.82 Å². The Morgan fingerprint density at radius 2 is 2.22 bits per heavy atom. The van der Waals surface area contributed by atoms with Crippen LogP contribution in [0.15, 0.2) is 18.2 Å². The van der Waals surface area contributed by atoms with Crippen LogP contribution < -0.4 is 0 Å². The van der Waals surface area contributed by atoms with E-state index < -0.39 is 6.10 Å². The second-order valence-electron chi connectivity index (χ2n) is 6.46. The summed E-state index contributed by atoms with van der Waals surface area (Å²) in [6.45, 7) is 1.89. The van der Waals surface area contributed by atoms with Crippen molar-refractivity contribution in [3.63, 3.8) is 0 Å². The fourth-order valence-electron chi connectivity index (χ4n) is 3.15. The van der Waals surface area contributed by atoms with E-state index in [1.165, 1.54) is 6.07 Å². The lowest BCUT2D eigenvalue weighted by atomic mass is 10.1. The zero-order valence-electron chi connectivity index (χ0n) is 13.0. The van der Waals surface area contributed by atoms with Crippen molar-refractivity contribution in [2.24, 2.45) is 0 Å². The quantitative estimate of drug-likeness (QED) is 0.829. The van der Waals surface area contributed by atoms with E-state index in [9.17, 15) is 14.3 Å². The molecule has 1 amide bonds. The largest absolute Gasteiger partial charge is 0.390 e. The maximum atomic E-state index is 14.0. The number of carbonyl (C=O) groups is 1. The zero-order valence-corrected chi connectivity index (χ0v) is 13.8. The summed E-state index contributed by atoms with van der Waals surface area (Å²) in [4.78, 5) is 15.4. The van der Waals surface area contributed by atoms with Crippen LogP contribution in [-0.2, 0) is 11.3 Å². The van der Waals surface area contributed by atoms with Gasteiger partial charge in [-0.1, -0.05) is 17.7 Å². The van der Waals surface area contributed by atoms with Gasteiger partial charge in [-0.2, -0.15) is 0 Å². The number of rotatable bonds is 7. The molecule has 0 spiro atoms. The van der Waals surface area contributed by atoms with Gasteiger partial charge >= 0.3 is 0 Å². The highest BCUT2D eigenvalue weighted by atomic mass is 35.5. The summed E-state index contributed by atoms with van der Waals surface area (Å²) in [5, 5.41) is 10.7. The van der Waals surface area contributed by atoms with Gasteiger partial charge in [-0.15, -0.1) is 0 Å². The fraction of sp³-hybridized carbons (Fsp3) is 0.588. The van der Waals surface area contributed by atoms with E-state index in [0.29, 0.717) is 42.7 Å². The molecule has 23 heavy (non-hydrogen) atoms. The molecule has 1 aromatic carbocycles. The van der Waals surface area contributed by atoms with Gasteiger partial charge in [0.05, 0.1) is 6.10 Å². The third kappa shape index (κ3) is 4.22. The van der Waals surface area contributed by atoms with Gasteiger partial charge < -0.3 is 10.0 Å². The van der Waals surface area contributed by atoms with E-state index in [-0.39, 0.29) is 11.7 Å². The lowest BCUT2D eigenvalue weighted by Crippen LogP contribution is -2.41. The predicted octanol–water partition coefficient (Wildman–Crippen LogP) is 2.43. The number of halogens is 2. The molecule has 1 atom stereocenters. The van der Waals surface area contributed by atoms with Crippen molar-refractivity contribution in [3.8, 4) is 0 Å². The van der Waals surface area contributed by atoms with Crippen molar-refractivity contribution >= 4 is 17.5 Å². The molecular formula is C17H22ClFN2O2. The third-order valence-corrected chi connectivity index (χ3v) is 4.89. The minimum atomic E-state index is -0.622. The minimum absolute atomic E-state index is 0.110. The number of aliphatic hydroxyl groups excluding tert-OH is 1. The maximum absolute atomic E-state index is 14.0. The Bertz CT molecular complexity index is 559. The van der Waals surface area contributed by atoms with Gasteiger partial charge in [-0.3, -0.25) is 9.69 Å². The second-order valence-corrected chi connectivity index (χ2v) is 6.87. The summed E-state index contributed by atoms with van der Waals surface area (Å²) in [5.41, 5.74) is 0.477. The minimum Gasteiger partial charge on any atom is -0.390 e. The van der Waals surface area contributed by atoms with E-state index in [1.807, 2.05) is 0 Å². The van der Waals surface area contributed by atoms with Crippen molar-refractivity contribution in [3.05, 3.63) is 34.6 Å². The number of benzene rings is 1. The number of amides is 1. The molecule has 0 bridgehead atoms. The first-order valence-corrected chi connectivity index (χ1v) is 8.55. The summed E-state index contributed by atoms with van der Waals surface area (Å²) in [6, 6.07) is 5.06. The second kappa shape index (κ2) is 7.16. The molecule has 1 aliphatic heterocycles. The lowest BCUT2D eigenvalue weighted by Gasteiger charge is -2.28. The highest BCUT2D eigenvalue weighted by molar-refractivity contribution is 6.31. The third-order valence-electron chi connectivity index (χ3n) is 4.53. The normalized spacial score (nSPS) is 19.7. The van der Waals surface area contributed by atoms with Crippen molar-refractivity contribution in [2.75, 3.05) is 19.6 Å². The standard InChI is InChI=1S/C17H22ClFN2O2/c18-15-3-1-4-16(19)14(15)11-21(12-6-7-12)10-13(22)9-20-8-2-5-17(20)23/h1,3-4,12-13,22H,2,5-11H2. The number of likely N-dealkylation sites (tertiary alicyclic amines) is 1. The van der Waals surface area contributed by atoms with Crippen LogP contribution in [0.2, 0.25) is 5.02 Å². The van der Waals surface area contributed by atoms with Crippen LogP contribution in [-0.4, -0.2) is 52.6 Å². The molecule has 2 fully saturated rings. The van der Waals surface area contributed by atoms with E-state index in [1.54, 1.807) is 17.0 Å². The number of carbonyl (C=O) groups excluding carboxylic acids is 1. The summed E-state index contributed by atoms with van der Waals surface area (Å²) in [7, 11) is 0. The molecule has 0 radical (unpaired) electrons. The Morgan fingerprint density at radius 3 is 2.83 bits per heavy atom. The Balaban J connectivity index is 1.62. The number of nitrogens with zero attached hydrogens (tertiary/aromatic N) is 2. The Labute approximate surface area is 140 Å². The van der Waals surface area contributed by atoms with Gasteiger partial charge in [0, 0.05) is 49.2 Å². The average molecular weight is 341 g/mol. The van der Waals surface area contributed by atoms with Gasteiger partial charge in [0.25, 0.3) is 0 Å². The molecule has 3 rings (SSSR count). The van der Waals surface area contributed by atoms with Crippen LogP contribution in [0.25, 0.3) is 0 Å². The topological polar surface area (TPSA) is 43.8 Å². The Morgan fingerprint density at radius 1 is 1.43 bits per heavy atom. The maximum Gasteiger partial charge on any atom is 0.222 e. The van der Waals surface area contributed by atoms with Gasteiger partial charge in [-0.25, -0.2) is 4.39 Å². The van der Waals surface area contributed by atoms with E-state index >= 15 is 0 Å². The molecule has 4 nitrogen and oxygen atoms in total. The predicted molar refractivity (Wildman–Crippen MR) is 86.7 cm³/mol. The number of β-amino-alcohol motifs (C(OH)–C–C–N with tert-alkyl or cyclic N) is 1. The lowest BCUT2D eigenvalue weighted by molar-refractivity contribution is -0.129. The fourth-order valence-corrected chi connectivity index (χ4v) is 3.37. The smallest absolute Gasteiger partial charge is 0.222 e. The van der Waals surface area contributed by atoms with Crippen molar-refractivity contribution in [2.45, 2.75) is 44.4 Å². The molecule has 1 saturated heterocycles. The monoisotopic (exact) mass is 340 g/mol. The first kappa shape index (κ1) is 16.7. The van der Waals surface area contributed by atoms with Crippen LogP contribution in [0.4, 0.5) is 4.39 Å². The van der Waals surface area contributed by atoms with Crippen molar-refractivity contribution in [1.82, 2.24) is 9.80 Å². The summed E-state index contributed by atoms with van der Waals surface area (Å²) < 4.78 is 14.0. The summed E-state index contributed by atoms with van der Waals surface area (Å²) in [6.07, 6.45) is 2.93. The van der Waals surface area contributed by atoms with Gasteiger partial charge in [-0.05, 0) is 31.4 Å². The van der Waals surface area contributed by atoms with E-state index in [4.69, 9.17) is 11.6 Å². The highest BCUT2D eigenvalue weighted by Crippen LogP contribution is 2.30. The molecule has 1 saturated carbocycles. The molecular weight excluding hydrogens is 319 g/mol. The van der Waals surface area contributed by atoms with E-state index in [0.717, 1.165) is 25.8 Å². The van der Waals surface area contributed by atoms with Crippen molar-refractivity contribution in [1.29, 1.82) is 0 Å². The highest BCUT2D eigenvalue weighted by Gasteiger charge is 2.32. The van der Waals surface area contributed by atoms with Gasteiger partial charge in [0.15, 0.2) is 0 Å². The molecule has 1 aromatic rings. The molecule has 1 heterocycles. The summed E-state index contributed by atoms with van der Waals surface area (Å²) in [5.74, 6) is -0.202.